The van der Waals surface area contributed by atoms with Crippen molar-refractivity contribution < 1.29 is 5.11 Å². The first-order valence-corrected chi connectivity index (χ1v) is 6.72. The average molecular weight is 248 g/mol. The van der Waals surface area contributed by atoms with Crippen LogP contribution in [0.5, 0.6) is 0 Å². The van der Waals surface area contributed by atoms with Crippen LogP contribution in [0.3, 0.4) is 0 Å². The summed E-state index contributed by atoms with van der Waals surface area (Å²) >= 11 is 0. The van der Waals surface area contributed by atoms with Crippen LogP contribution in [0.2, 0.25) is 0 Å². The molecule has 1 aromatic carbocycles. The lowest BCUT2D eigenvalue weighted by molar-refractivity contribution is 0.0745. The maximum Gasteiger partial charge on any atom is 0.0846 e. The summed E-state index contributed by atoms with van der Waals surface area (Å²) < 4.78 is 0. The van der Waals surface area contributed by atoms with Crippen molar-refractivity contribution in [3.8, 4) is 0 Å². The summed E-state index contributed by atoms with van der Waals surface area (Å²) in [6.45, 7) is 17.0. The van der Waals surface area contributed by atoms with E-state index in [9.17, 15) is 5.11 Å². The quantitative estimate of drug-likeness (QED) is 0.775. The smallest absolute Gasteiger partial charge is 0.0846 e. The molecule has 102 valence electrons. The minimum atomic E-state index is -0.813. The molecule has 0 aromatic heterocycles. The summed E-state index contributed by atoms with van der Waals surface area (Å²) in [4.78, 5) is 0. The van der Waals surface area contributed by atoms with Crippen LogP contribution < -0.4 is 0 Å². The summed E-state index contributed by atoms with van der Waals surface area (Å²) in [7, 11) is 0. The van der Waals surface area contributed by atoms with Gasteiger partial charge in [-0.05, 0) is 41.4 Å². The normalized spacial score (nSPS) is 13.8. The highest BCUT2D eigenvalue weighted by Crippen LogP contribution is 2.39. The minimum absolute atomic E-state index is 0.0383. The Balaban J connectivity index is 3.68. The Bertz CT molecular complexity index is 390. The third-order valence-electron chi connectivity index (χ3n) is 3.29. The Morgan fingerprint density at radius 3 is 1.28 bits per heavy atom. The van der Waals surface area contributed by atoms with E-state index in [0.29, 0.717) is 0 Å². The largest absolute Gasteiger partial charge is 0.386 e. The Morgan fingerprint density at radius 1 is 0.722 bits per heavy atom. The topological polar surface area (TPSA) is 20.2 Å². The van der Waals surface area contributed by atoms with E-state index < -0.39 is 5.60 Å². The molecule has 0 atom stereocenters. The van der Waals surface area contributed by atoms with Crippen molar-refractivity contribution in [3.63, 3.8) is 0 Å². The maximum atomic E-state index is 10.6. The van der Waals surface area contributed by atoms with Crippen molar-refractivity contribution in [3.05, 3.63) is 34.9 Å². The predicted octanol–water partition coefficient (Wildman–Crippen LogP) is 4.51. The summed E-state index contributed by atoms with van der Waals surface area (Å²) in [5, 5.41) is 10.6. The highest BCUT2D eigenvalue weighted by atomic mass is 16.3. The van der Waals surface area contributed by atoms with E-state index in [-0.39, 0.29) is 10.8 Å². The van der Waals surface area contributed by atoms with Gasteiger partial charge in [0.25, 0.3) is 0 Å². The second kappa shape index (κ2) is 4.38. The Morgan fingerprint density at radius 2 is 1.06 bits per heavy atom. The Labute approximate surface area is 112 Å². The lowest BCUT2D eigenvalue weighted by atomic mass is 9.72. The molecule has 0 radical (unpaired) electrons. The summed E-state index contributed by atoms with van der Waals surface area (Å²) in [5.74, 6) is 0. The number of hydrogen-bond donors (Lipinski definition) is 1. The van der Waals surface area contributed by atoms with Crippen LogP contribution in [0.1, 0.15) is 72.1 Å². The molecule has 0 bridgehead atoms. The number of aliphatic hydroxyl groups is 1. The van der Waals surface area contributed by atoms with E-state index in [0.717, 1.165) is 5.56 Å². The molecule has 0 saturated carbocycles. The molecule has 0 amide bonds. The molecule has 0 aliphatic rings. The zero-order valence-corrected chi connectivity index (χ0v) is 13.2. The minimum Gasteiger partial charge on any atom is -0.386 e. The number of benzene rings is 1. The third-order valence-corrected chi connectivity index (χ3v) is 3.29. The fourth-order valence-electron chi connectivity index (χ4n) is 2.46. The lowest BCUT2D eigenvalue weighted by Gasteiger charge is -2.35. The standard InChI is InChI=1S/C17H28O/c1-15(2,3)12-10-9-11-13(16(4,5)6)14(12)17(7,8)18/h9-11,18H,1-8H3. The second-order valence-electron chi connectivity index (χ2n) is 7.79. The van der Waals surface area contributed by atoms with Crippen LogP contribution in [-0.4, -0.2) is 5.11 Å². The average Bonchev–Trinajstić information content (AvgIpc) is 2.12. The van der Waals surface area contributed by atoms with E-state index in [1.165, 1.54) is 11.1 Å². The highest BCUT2D eigenvalue weighted by Gasteiger charge is 2.32. The van der Waals surface area contributed by atoms with Crippen molar-refractivity contribution >= 4 is 0 Å². The van der Waals surface area contributed by atoms with Crippen LogP contribution >= 0.6 is 0 Å². The van der Waals surface area contributed by atoms with Gasteiger partial charge in [0.1, 0.15) is 0 Å². The first kappa shape index (κ1) is 15.2. The molecular weight excluding hydrogens is 220 g/mol. The van der Waals surface area contributed by atoms with Gasteiger partial charge in [0.15, 0.2) is 0 Å². The summed E-state index contributed by atoms with van der Waals surface area (Å²) in [6.07, 6.45) is 0. The number of rotatable bonds is 1. The van der Waals surface area contributed by atoms with Crippen molar-refractivity contribution in [1.29, 1.82) is 0 Å². The molecule has 1 aromatic rings. The Hall–Kier alpha value is -0.820. The van der Waals surface area contributed by atoms with Crippen LogP contribution in [0.15, 0.2) is 18.2 Å². The fourth-order valence-corrected chi connectivity index (χ4v) is 2.46. The van der Waals surface area contributed by atoms with Crippen LogP contribution in [0.25, 0.3) is 0 Å². The molecule has 1 heteroatoms. The molecule has 0 saturated heterocycles. The molecule has 0 aliphatic heterocycles. The van der Waals surface area contributed by atoms with Crippen molar-refractivity contribution in [2.45, 2.75) is 71.8 Å². The van der Waals surface area contributed by atoms with Gasteiger partial charge in [-0.15, -0.1) is 0 Å². The first-order valence-electron chi connectivity index (χ1n) is 6.72. The van der Waals surface area contributed by atoms with Gasteiger partial charge in [-0.25, -0.2) is 0 Å². The molecule has 1 N–H and O–H groups in total. The lowest BCUT2D eigenvalue weighted by Crippen LogP contribution is -2.29. The van der Waals surface area contributed by atoms with Crippen molar-refractivity contribution in [1.82, 2.24) is 0 Å². The highest BCUT2D eigenvalue weighted by molar-refractivity contribution is 5.45. The van der Waals surface area contributed by atoms with Gasteiger partial charge < -0.3 is 5.11 Å². The zero-order valence-electron chi connectivity index (χ0n) is 13.2. The van der Waals surface area contributed by atoms with Crippen LogP contribution in [0.4, 0.5) is 0 Å². The van der Waals surface area contributed by atoms with Gasteiger partial charge in [0.2, 0.25) is 0 Å². The number of hydrogen-bond acceptors (Lipinski definition) is 1. The second-order valence-corrected chi connectivity index (χ2v) is 7.79. The van der Waals surface area contributed by atoms with Gasteiger partial charge in [-0.1, -0.05) is 59.7 Å². The molecule has 1 nitrogen and oxygen atoms in total. The van der Waals surface area contributed by atoms with Gasteiger partial charge in [0, 0.05) is 0 Å². The predicted molar refractivity (Wildman–Crippen MR) is 79.1 cm³/mol. The zero-order chi connectivity index (χ0) is 14.4. The molecule has 0 aliphatic carbocycles. The molecule has 18 heavy (non-hydrogen) atoms. The van der Waals surface area contributed by atoms with E-state index in [1.807, 2.05) is 13.8 Å². The molecule has 0 fully saturated rings. The van der Waals surface area contributed by atoms with Crippen LogP contribution in [-0.2, 0) is 16.4 Å². The van der Waals surface area contributed by atoms with Gasteiger partial charge in [-0.2, -0.15) is 0 Å². The van der Waals surface area contributed by atoms with E-state index in [4.69, 9.17) is 0 Å². The molecule has 0 spiro atoms. The van der Waals surface area contributed by atoms with E-state index >= 15 is 0 Å². The molecule has 0 unspecified atom stereocenters. The Kier molecular flexibility index (Phi) is 3.71. The van der Waals surface area contributed by atoms with Crippen molar-refractivity contribution in [2.24, 2.45) is 0 Å². The molecule has 0 heterocycles. The monoisotopic (exact) mass is 248 g/mol. The first-order chi connectivity index (χ1) is 7.85. The van der Waals surface area contributed by atoms with E-state index in [1.54, 1.807) is 0 Å². The summed E-state index contributed by atoms with van der Waals surface area (Å²) in [6, 6.07) is 6.39. The van der Waals surface area contributed by atoms with Gasteiger partial charge in [0.05, 0.1) is 5.60 Å². The summed E-state index contributed by atoms with van der Waals surface area (Å²) in [5.41, 5.74) is 2.83. The van der Waals surface area contributed by atoms with Crippen molar-refractivity contribution in [2.75, 3.05) is 0 Å². The SMILES string of the molecule is CC(C)(C)c1cccc(C(C)(C)C)c1C(C)(C)O. The van der Waals surface area contributed by atoms with Gasteiger partial charge in [-0.3, -0.25) is 0 Å². The maximum absolute atomic E-state index is 10.6. The molecular formula is C17H28O. The van der Waals surface area contributed by atoms with E-state index in [2.05, 4.69) is 59.7 Å². The third kappa shape index (κ3) is 3.14. The van der Waals surface area contributed by atoms with Crippen LogP contribution in [0, 0.1) is 0 Å². The fraction of sp³-hybridized carbons (Fsp3) is 0.647. The van der Waals surface area contributed by atoms with Gasteiger partial charge >= 0.3 is 0 Å². The molecule has 1 rings (SSSR count).